The molecule has 0 bridgehead atoms. The lowest BCUT2D eigenvalue weighted by atomic mass is 10.1. The van der Waals surface area contributed by atoms with Gasteiger partial charge in [0.2, 0.25) is 0 Å². The molecule has 3 nitrogen and oxygen atoms in total. The number of rotatable bonds is 5. The van der Waals surface area contributed by atoms with Crippen molar-refractivity contribution in [3.8, 4) is 0 Å². The minimum absolute atomic E-state index is 0.465. The summed E-state index contributed by atoms with van der Waals surface area (Å²) in [7, 11) is 0. The van der Waals surface area contributed by atoms with Crippen molar-refractivity contribution in [2.45, 2.75) is 33.7 Å². The molecule has 1 aromatic rings. The van der Waals surface area contributed by atoms with E-state index in [1.165, 1.54) is 0 Å². The van der Waals surface area contributed by atoms with Gasteiger partial charge in [-0.3, -0.25) is 0 Å². The van der Waals surface area contributed by atoms with Gasteiger partial charge >= 0.3 is 0 Å². The quantitative estimate of drug-likeness (QED) is 0.706. The third kappa shape index (κ3) is 3.29. The fraction of sp³-hybridized carbons (Fsp3) is 0.800. The highest BCUT2D eigenvalue weighted by Crippen LogP contribution is 2.08. The van der Waals surface area contributed by atoms with Crippen molar-refractivity contribution >= 4 is 11.6 Å². The van der Waals surface area contributed by atoms with E-state index >= 15 is 0 Å². The van der Waals surface area contributed by atoms with Crippen LogP contribution in [-0.2, 0) is 13.0 Å². The molecular weight excluding hydrogens is 198 g/mol. The maximum Gasteiger partial charge on any atom is 0.138 e. The number of hydrogen-bond acceptors (Lipinski definition) is 2. The first-order valence-electron chi connectivity index (χ1n) is 5.06. The minimum atomic E-state index is 0.465. The standard InChI is InChI=1S/C10H18ClN3/c1-8(2)6-14-10(12-7-13-14)4-9(3)5-11/h7-9H,4-6H2,1-3H3. The molecule has 0 aliphatic heterocycles. The van der Waals surface area contributed by atoms with E-state index in [9.17, 15) is 0 Å². The zero-order chi connectivity index (χ0) is 10.6. The SMILES string of the molecule is CC(C)Cn1ncnc1CC(C)CCl. The second-order valence-corrected chi connectivity index (χ2v) is 4.52. The van der Waals surface area contributed by atoms with Gasteiger partial charge in [0.25, 0.3) is 0 Å². The Bertz CT molecular complexity index is 270. The van der Waals surface area contributed by atoms with Gasteiger partial charge in [0.1, 0.15) is 12.2 Å². The Balaban J connectivity index is 2.62. The van der Waals surface area contributed by atoms with Gasteiger partial charge in [-0.05, 0) is 11.8 Å². The lowest BCUT2D eigenvalue weighted by molar-refractivity contribution is 0.454. The molecule has 1 unspecified atom stereocenters. The fourth-order valence-corrected chi connectivity index (χ4v) is 1.42. The normalized spacial score (nSPS) is 13.5. The van der Waals surface area contributed by atoms with Crippen LogP contribution in [0.1, 0.15) is 26.6 Å². The molecule has 0 aliphatic carbocycles. The Hall–Kier alpha value is -0.570. The monoisotopic (exact) mass is 215 g/mol. The zero-order valence-electron chi connectivity index (χ0n) is 9.07. The molecule has 0 radical (unpaired) electrons. The largest absolute Gasteiger partial charge is 0.250 e. The molecule has 0 spiro atoms. The van der Waals surface area contributed by atoms with Gasteiger partial charge in [-0.2, -0.15) is 5.10 Å². The van der Waals surface area contributed by atoms with Crippen LogP contribution in [0.25, 0.3) is 0 Å². The third-order valence-corrected chi connectivity index (χ3v) is 2.56. The van der Waals surface area contributed by atoms with Gasteiger partial charge in [0, 0.05) is 18.8 Å². The molecule has 0 amide bonds. The molecule has 1 atom stereocenters. The Morgan fingerprint density at radius 1 is 1.43 bits per heavy atom. The predicted molar refractivity (Wildman–Crippen MR) is 58.4 cm³/mol. The lowest BCUT2D eigenvalue weighted by Crippen LogP contribution is -2.13. The summed E-state index contributed by atoms with van der Waals surface area (Å²) in [5, 5.41) is 4.21. The van der Waals surface area contributed by atoms with Crippen LogP contribution in [0.4, 0.5) is 0 Å². The maximum absolute atomic E-state index is 5.77. The molecule has 0 fully saturated rings. The van der Waals surface area contributed by atoms with Crippen LogP contribution in [0.5, 0.6) is 0 Å². The predicted octanol–water partition coefficient (Wildman–Crippen LogP) is 2.35. The molecule has 0 aromatic carbocycles. The van der Waals surface area contributed by atoms with Crippen molar-refractivity contribution < 1.29 is 0 Å². The zero-order valence-corrected chi connectivity index (χ0v) is 9.83. The Morgan fingerprint density at radius 3 is 2.71 bits per heavy atom. The van der Waals surface area contributed by atoms with Crippen LogP contribution < -0.4 is 0 Å². The number of alkyl halides is 1. The van der Waals surface area contributed by atoms with Gasteiger partial charge in [-0.1, -0.05) is 20.8 Å². The van der Waals surface area contributed by atoms with Crippen LogP contribution in [0, 0.1) is 11.8 Å². The molecule has 0 N–H and O–H groups in total. The van der Waals surface area contributed by atoms with E-state index in [-0.39, 0.29) is 0 Å². The van der Waals surface area contributed by atoms with Gasteiger partial charge in [0.05, 0.1) is 0 Å². The van der Waals surface area contributed by atoms with Gasteiger partial charge < -0.3 is 0 Å². The second kappa shape index (κ2) is 5.35. The first-order valence-corrected chi connectivity index (χ1v) is 5.59. The second-order valence-electron chi connectivity index (χ2n) is 4.22. The molecule has 1 rings (SSSR count). The van der Waals surface area contributed by atoms with E-state index < -0.39 is 0 Å². The van der Waals surface area contributed by atoms with Crippen LogP contribution in [0.3, 0.4) is 0 Å². The van der Waals surface area contributed by atoms with Crippen molar-refractivity contribution in [1.82, 2.24) is 14.8 Å². The topological polar surface area (TPSA) is 30.7 Å². The Labute approximate surface area is 90.5 Å². The molecule has 1 aromatic heterocycles. The summed E-state index contributed by atoms with van der Waals surface area (Å²) >= 11 is 5.77. The first-order chi connectivity index (χ1) is 6.63. The van der Waals surface area contributed by atoms with Crippen LogP contribution in [-0.4, -0.2) is 20.6 Å². The molecule has 4 heteroatoms. The highest BCUT2D eigenvalue weighted by molar-refractivity contribution is 6.18. The summed E-state index contributed by atoms with van der Waals surface area (Å²) in [5.74, 6) is 2.79. The third-order valence-electron chi connectivity index (χ3n) is 2.03. The molecule has 0 saturated carbocycles. The Kier molecular flexibility index (Phi) is 4.39. The first kappa shape index (κ1) is 11.5. The van der Waals surface area contributed by atoms with Crippen LogP contribution in [0.2, 0.25) is 0 Å². The molecule has 0 aliphatic rings. The summed E-state index contributed by atoms with van der Waals surface area (Å²) in [4.78, 5) is 4.25. The van der Waals surface area contributed by atoms with Crippen molar-refractivity contribution in [3.05, 3.63) is 12.2 Å². The number of nitrogens with zero attached hydrogens (tertiary/aromatic N) is 3. The highest BCUT2D eigenvalue weighted by Gasteiger charge is 2.09. The minimum Gasteiger partial charge on any atom is -0.250 e. The molecule has 14 heavy (non-hydrogen) atoms. The van der Waals surface area contributed by atoms with Gasteiger partial charge in [-0.15, -0.1) is 11.6 Å². The van der Waals surface area contributed by atoms with Gasteiger partial charge in [0.15, 0.2) is 0 Å². The summed E-state index contributed by atoms with van der Waals surface area (Å²) in [6, 6.07) is 0. The van der Waals surface area contributed by atoms with E-state index in [0.29, 0.717) is 17.7 Å². The summed E-state index contributed by atoms with van der Waals surface area (Å²) in [6.45, 7) is 7.42. The van der Waals surface area contributed by atoms with Crippen molar-refractivity contribution in [3.63, 3.8) is 0 Å². The number of halogens is 1. The van der Waals surface area contributed by atoms with Crippen molar-refractivity contribution in [2.75, 3.05) is 5.88 Å². The van der Waals surface area contributed by atoms with Crippen molar-refractivity contribution in [1.29, 1.82) is 0 Å². The summed E-state index contributed by atoms with van der Waals surface area (Å²) in [6.07, 6.45) is 2.54. The molecular formula is C10H18ClN3. The summed E-state index contributed by atoms with van der Waals surface area (Å²) in [5.41, 5.74) is 0. The van der Waals surface area contributed by atoms with E-state index in [0.717, 1.165) is 18.8 Å². The average Bonchev–Trinajstić information content (AvgIpc) is 2.52. The Morgan fingerprint density at radius 2 is 2.14 bits per heavy atom. The highest BCUT2D eigenvalue weighted by atomic mass is 35.5. The van der Waals surface area contributed by atoms with Crippen molar-refractivity contribution in [2.24, 2.45) is 11.8 Å². The molecule has 0 saturated heterocycles. The number of hydrogen-bond donors (Lipinski definition) is 0. The van der Waals surface area contributed by atoms with E-state index in [4.69, 9.17) is 11.6 Å². The summed E-state index contributed by atoms with van der Waals surface area (Å²) < 4.78 is 1.98. The number of aromatic nitrogens is 3. The molecule has 80 valence electrons. The van der Waals surface area contributed by atoms with Crippen LogP contribution >= 0.6 is 11.6 Å². The maximum atomic E-state index is 5.77. The average molecular weight is 216 g/mol. The molecule has 1 heterocycles. The van der Waals surface area contributed by atoms with Gasteiger partial charge in [-0.25, -0.2) is 9.67 Å². The van der Waals surface area contributed by atoms with E-state index in [1.54, 1.807) is 6.33 Å². The fourth-order valence-electron chi connectivity index (χ4n) is 1.31. The van der Waals surface area contributed by atoms with Crippen LogP contribution in [0.15, 0.2) is 6.33 Å². The van der Waals surface area contributed by atoms with E-state index in [1.807, 2.05) is 4.68 Å². The smallest absolute Gasteiger partial charge is 0.138 e. The lowest BCUT2D eigenvalue weighted by Gasteiger charge is -2.10. The van der Waals surface area contributed by atoms with E-state index in [2.05, 4.69) is 30.9 Å².